The predicted octanol–water partition coefficient (Wildman–Crippen LogP) is 4.02. The quantitative estimate of drug-likeness (QED) is 0.505. The van der Waals surface area contributed by atoms with E-state index in [1.54, 1.807) is 13.2 Å². The molecule has 7 heteroatoms. The highest BCUT2D eigenvalue weighted by atomic mass is 16.5. The zero-order chi connectivity index (χ0) is 23.9. The van der Waals surface area contributed by atoms with Crippen LogP contribution < -0.4 is 20.1 Å². The van der Waals surface area contributed by atoms with E-state index in [1.807, 2.05) is 66.4 Å². The Kier molecular flexibility index (Phi) is 7.32. The first kappa shape index (κ1) is 23.2. The molecular formula is C27H29N3O4. The number of rotatable bonds is 9. The van der Waals surface area contributed by atoms with Gasteiger partial charge in [0.15, 0.2) is 18.1 Å². The van der Waals surface area contributed by atoms with Crippen LogP contribution in [-0.4, -0.2) is 43.5 Å². The molecule has 3 aromatic rings. The molecule has 1 aliphatic heterocycles. The number of amides is 2. The zero-order valence-corrected chi connectivity index (χ0v) is 19.4. The van der Waals surface area contributed by atoms with Crippen molar-refractivity contribution in [3.8, 4) is 11.5 Å². The van der Waals surface area contributed by atoms with Crippen LogP contribution in [0.3, 0.4) is 0 Å². The van der Waals surface area contributed by atoms with Gasteiger partial charge in [-0.2, -0.15) is 0 Å². The van der Waals surface area contributed by atoms with Gasteiger partial charge < -0.3 is 25.0 Å². The van der Waals surface area contributed by atoms with E-state index >= 15 is 0 Å². The largest absolute Gasteiger partial charge is 0.493 e. The average molecular weight is 460 g/mol. The Morgan fingerprint density at radius 3 is 2.56 bits per heavy atom. The molecule has 176 valence electrons. The minimum Gasteiger partial charge on any atom is -0.493 e. The third kappa shape index (κ3) is 5.14. The second-order valence-electron chi connectivity index (χ2n) is 7.98. The number of ether oxygens (including phenoxy) is 2. The molecule has 0 saturated heterocycles. The smallest absolute Gasteiger partial charge is 0.257 e. The number of nitrogens with zero attached hydrogens (tertiary/aromatic N) is 1. The molecule has 0 spiro atoms. The Labute approximate surface area is 199 Å². The number of hydrogen-bond acceptors (Lipinski definition) is 5. The fourth-order valence-corrected chi connectivity index (χ4v) is 4.05. The van der Waals surface area contributed by atoms with E-state index in [0.717, 1.165) is 17.7 Å². The number of carbonyl (C=O) groups excluding carboxylic acids is 2. The minimum atomic E-state index is -0.377. The maximum Gasteiger partial charge on any atom is 0.257 e. The van der Waals surface area contributed by atoms with E-state index < -0.39 is 0 Å². The Balaban J connectivity index is 1.61. The van der Waals surface area contributed by atoms with E-state index in [9.17, 15) is 9.59 Å². The molecule has 0 aromatic heterocycles. The van der Waals surface area contributed by atoms with Crippen molar-refractivity contribution in [2.24, 2.45) is 0 Å². The van der Waals surface area contributed by atoms with Gasteiger partial charge in [0.1, 0.15) is 6.17 Å². The van der Waals surface area contributed by atoms with E-state index in [4.69, 9.17) is 9.47 Å². The maximum absolute atomic E-state index is 13.5. The van der Waals surface area contributed by atoms with Crippen LogP contribution in [0.4, 0.5) is 5.69 Å². The lowest BCUT2D eigenvalue weighted by molar-refractivity contribution is -0.123. The van der Waals surface area contributed by atoms with Gasteiger partial charge in [0.25, 0.3) is 11.8 Å². The summed E-state index contributed by atoms with van der Waals surface area (Å²) in [5.74, 6) is 0.747. The van der Waals surface area contributed by atoms with Crippen LogP contribution in [-0.2, 0) is 11.2 Å². The van der Waals surface area contributed by atoms with Crippen molar-refractivity contribution in [2.75, 3.05) is 32.1 Å². The number of carbonyl (C=O) groups is 2. The molecule has 34 heavy (non-hydrogen) atoms. The number of hydrogen-bond donors (Lipinski definition) is 2. The molecule has 2 N–H and O–H groups in total. The minimum absolute atomic E-state index is 0.0224. The molecule has 0 radical (unpaired) electrons. The molecule has 1 heterocycles. The van der Waals surface area contributed by atoms with Gasteiger partial charge in [0, 0.05) is 18.8 Å². The number of fused-ring (bicyclic) bond motifs is 1. The summed E-state index contributed by atoms with van der Waals surface area (Å²) in [4.78, 5) is 27.1. The first-order valence-corrected chi connectivity index (χ1v) is 11.4. The van der Waals surface area contributed by atoms with Gasteiger partial charge in [-0.15, -0.1) is 0 Å². The molecule has 1 aliphatic rings. The SMILES string of the molecule is CCNC(=O)COc1ccc(C2Nc3ccccc3C(=O)N2CCc2ccccc2)cc1OC. The number of benzene rings is 3. The van der Waals surface area contributed by atoms with Crippen LogP contribution >= 0.6 is 0 Å². The summed E-state index contributed by atoms with van der Waals surface area (Å²) in [7, 11) is 1.56. The highest BCUT2D eigenvalue weighted by molar-refractivity contribution is 6.01. The Bertz CT molecular complexity index is 1150. The van der Waals surface area contributed by atoms with E-state index in [0.29, 0.717) is 30.2 Å². The molecule has 0 fully saturated rings. The van der Waals surface area contributed by atoms with E-state index in [1.165, 1.54) is 5.56 Å². The third-order valence-electron chi connectivity index (χ3n) is 5.74. The Morgan fingerprint density at radius 2 is 1.79 bits per heavy atom. The van der Waals surface area contributed by atoms with Gasteiger partial charge in [-0.25, -0.2) is 0 Å². The maximum atomic E-state index is 13.5. The summed E-state index contributed by atoms with van der Waals surface area (Å²) in [5.41, 5.74) is 3.47. The summed E-state index contributed by atoms with van der Waals surface area (Å²) in [6.07, 6.45) is 0.357. The lowest BCUT2D eigenvalue weighted by Gasteiger charge is -2.38. The van der Waals surface area contributed by atoms with Crippen molar-refractivity contribution >= 4 is 17.5 Å². The second-order valence-corrected chi connectivity index (χ2v) is 7.98. The highest BCUT2D eigenvalue weighted by Crippen LogP contribution is 2.37. The number of para-hydroxylation sites is 1. The van der Waals surface area contributed by atoms with Crippen molar-refractivity contribution in [2.45, 2.75) is 19.5 Å². The number of likely N-dealkylation sites (N-methyl/N-ethyl adjacent to an activating group) is 1. The van der Waals surface area contributed by atoms with Crippen LogP contribution in [0.25, 0.3) is 0 Å². The molecule has 1 atom stereocenters. The molecule has 4 rings (SSSR count). The summed E-state index contributed by atoms with van der Waals surface area (Å²) >= 11 is 0. The fourth-order valence-electron chi connectivity index (χ4n) is 4.05. The molecule has 3 aromatic carbocycles. The van der Waals surface area contributed by atoms with Crippen molar-refractivity contribution in [1.82, 2.24) is 10.2 Å². The van der Waals surface area contributed by atoms with Crippen LogP contribution in [0, 0.1) is 0 Å². The van der Waals surface area contributed by atoms with Crippen LogP contribution in [0.15, 0.2) is 72.8 Å². The van der Waals surface area contributed by atoms with Gasteiger partial charge in [-0.05, 0) is 48.7 Å². The number of methoxy groups -OCH3 is 1. The molecular weight excluding hydrogens is 430 g/mol. The predicted molar refractivity (Wildman–Crippen MR) is 131 cm³/mol. The van der Waals surface area contributed by atoms with Crippen LogP contribution in [0.1, 0.15) is 34.6 Å². The average Bonchev–Trinajstić information content (AvgIpc) is 2.87. The molecule has 2 amide bonds. The lowest BCUT2D eigenvalue weighted by atomic mass is 10.0. The van der Waals surface area contributed by atoms with Crippen molar-refractivity contribution < 1.29 is 19.1 Å². The van der Waals surface area contributed by atoms with Crippen molar-refractivity contribution in [1.29, 1.82) is 0 Å². The summed E-state index contributed by atoms with van der Waals surface area (Å²) in [5, 5.41) is 6.22. The van der Waals surface area contributed by atoms with Gasteiger partial charge in [0.05, 0.1) is 12.7 Å². The standard InChI is InChI=1S/C27H29N3O4/c1-3-28-25(31)18-34-23-14-13-20(17-24(23)33-2)26-29-22-12-8-7-11-21(22)27(32)30(26)16-15-19-9-5-4-6-10-19/h4-14,17,26,29H,3,15-16,18H2,1-2H3,(H,28,31). The normalized spacial score (nSPS) is 14.7. The first-order chi connectivity index (χ1) is 16.6. The third-order valence-corrected chi connectivity index (χ3v) is 5.74. The highest BCUT2D eigenvalue weighted by Gasteiger charge is 2.33. The number of nitrogens with one attached hydrogen (secondary N) is 2. The van der Waals surface area contributed by atoms with E-state index in [-0.39, 0.29) is 24.6 Å². The second kappa shape index (κ2) is 10.7. The van der Waals surface area contributed by atoms with Gasteiger partial charge in [-0.1, -0.05) is 48.5 Å². The summed E-state index contributed by atoms with van der Waals surface area (Å²) in [6.45, 7) is 2.85. The monoisotopic (exact) mass is 459 g/mol. The zero-order valence-electron chi connectivity index (χ0n) is 19.4. The lowest BCUT2D eigenvalue weighted by Crippen LogP contribution is -2.44. The van der Waals surface area contributed by atoms with Crippen LogP contribution in [0.2, 0.25) is 0 Å². The molecule has 0 aliphatic carbocycles. The first-order valence-electron chi connectivity index (χ1n) is 11.4. The number of anilines is 1. The van der Waals surface area contributed by atoms with E-state index in [2.05, 4.69) is 22.8 Å². The van der Waals surface area contributed by atoms with Crippen molar-refractivity contribution in [3.05, 3.63) is 89.5 Å². The molecule has 0 bridgehead atoms. The molecule has 0 saturated carbocycles. The van der Waals surface area contributed by atoms with Gasteiger partial charge >= 0.3 is 0 Å². The van der Waals surface area contributed by atoms with Crippen LogP contribution in [0.5, 0.6) is 11.5 Å². The topological polar surface area (TPSA) is 79.9 Å². The molecule has 7 nitrogen and oxygen atoms in total. The molecule has 1 unspecified atom stereocenters. The van der Waals surface area contributed by atoms with Gasteiger partial charge in [0.2, 0.25) is 0 Å². The fraction of sp³-hybridized carbons (Fsp3) is 0.259. The Hall–Kier alpha value is -4.00. The Morgan fingerprint density at radius 1 is 1.03 bits per heavy atom. The van der Waals surface area contributed by atoms with Crippen molar-refractivity contribution in [3.63, 3.8) is 0 Å². The summed E-state index contributed by atoms with van der Waals surface area (Å²) in [6, 6.07) is 23.2. The van der Waals surface area contributed by atoms with Gasteiger partial charge in [-0.3, -0.25) is 9.59 Å². The summed E-state index contributed by atoms with van der Waals surface area (Å²) < 4.78 is 11.2.